The molecular weight excluding hydrogens is 300 g/mol. The van der Waals surface area contributed by atoms with E-state index in [1.54, 1.807) is 30.3 Å². The van der Waals surface area contributed by atoms with Crippen molar-refractivity contribution in [3.63, 3.8) is 0 Å². The minimum atomic E-state index is -3.55. The SMILES string of the molecule is CC(NS(=O)(=O)c1ccccc1)c1nnc2n1CCCCC2. The molecule has 1 aliphatic heterocycles. The number of benzene rings is 1. The predicted molar refractivity (Wildman–Crippen MR) is 82.8 cm³/mol. The van der Waals surface area contributed by atoms with Crippen LogP contribution >= 0.6 is 0 Å². The van der Waals surface area contributed by atoms with Gasteiger partial charge in [0.15, 0.2) is 5.82 Å². The molecule has 1 aromatic heterocycles. The molecule has 1 unspecified atom stereocenters. The third-order valence-electron chi connectivity index (χ3n) is 3.91. The van der Waals surface area contributed by atoms with Crippen molar-refractivity contribution in [2.45, 2.75) is 50.1 Å². The molecule has 0 saturated carbocycles. The Balaban J connectivity index is 1.83. The molecule has 2 aromatic rings. The third-order valence-corrected chi connectivity index (χ3v) is 5.47. The van der Waals surface area contributed by atoms with E-state index in [0.29, 0.717) is 5.82 Å². The van der Waals surface area contributed by atoms with Crippen LogP contribution in [0.5, 0.6) is 0 Å². The Bertz CT molecular complexity index is 740. The summed E-state index contributed by atoms with van der Waals surface area (Å²) in [5.74, 6) is 1.65. The van der Waals surface area contributed by atoms with Gasteiger partial charge in [-0.1, -0.05) is 24.6 Å². The van der Waals surface area contributed by atoms with Crippen LogP contribution in [0, 0.1) is 0 Å². The van der Waals surface area contributed by atoms with Crippen molar-refractivity contribution in [1.82, 2.24) is 19.5 Å². The lowest BCUT2D eigenvalue weighted by molar-refractivity contribution is 0.534. The van der Waals surface area contributed by atoms with Crippen LogP contribution in [0.1, 0.15) is 43.9 Å². The molecule has 3 rings (SSSR count). The molecule has 0 aliphatic carbocycles. The molecule has 1 aliphatic rings. The second-order valence-electron chi connectivity index (χ2n) is 5.59. The van der Waals surface area contributed by atoms with E-state index in [1.165, 1.54) is 6.42 Å². The van der Waals surface area contributed by atoms with Gasteiger partial charge in [0.2, 0.25) is 10.0 Å². The zero-order chi connectivity index (χ0) is 15.6. The van der Waals surface area contributed by atoms with Crippen LogP contribution < -0.4 is 4.72 Å². The second-order valence-corrected chi connectivity index (χ2v) is 7.31. The van der Waals surface area contributed by atoms with Crippen molar-refractivity contribution < 1.29 is 8.42 Å². The van der Waals surface area contributed by atoms with Gasteiger partial charge in [-0.15, -0.1) is 10.2 Å². The number of aryl methyl sites for hydroxylation is 1. The van der Waals surface area contributed by atoms with Gasteiger partial charge in [-0.05, 0) is 31.9 Å². The molecule has 118 valence electrons. The molecule has 7 heteroatoms. The molecule has 0 saturated heterocycles. The molecule has 22 heavy (non-hydrogen) atoms. The molecule has 0 fully saturated rings. The summed E-state index contributed by atoms with van der Waals surface area (Å²) in [5, 5.41) is 8.42. The second kappa shape index (κ2) is 6.18. The summed E-state index contributed by atoms with van der Waals surface area (Å²) < 4.78 is 29.6. The number of nitrogens with zero attached hydrogens (tertiary/aromatic N) is 3. The van der Waals surface area contributed by atoms with Gasteiger partial charge in [0.05, 0.1) is 10.9 Å². The van der Waals surface area contributed by atoms with Gasteiger partial charge in [-0.3, -0.25) is 0 Å². The van der Waals surface area contributed by atoms with Gasteiger partial charge in [0, 0.05) is 13.0 Å². The molecule has 0 amide bonds. The van der Waals surface area contributed by atoms with Crippen molar-refractivity contribution >= 4 is 10.0 Å². The number of rotatable bonds is 4. The number of hydrogen-bond acceptors (Lipinski definition) is 4. The lowest BCUT2D eigenvalue weighted by Gasteiger charge is -2.15. The van der Waals surface area contributed by atoms with Gasteiger partial charge in [0.1, 0.15) is 5.82 Å². The van der Waals surface area contributed by atoms with Crippen molar-refractivity contribution in [1.29, 1.82) is 0 Å². The van der Waals surface area contributed by atoms with Crippen molar-refractivity contribution in [2.75, 3.05) is 0 Å². The summed E-state index contributed by atoms with van der Waals surface area (Å²) in [6, 6.07) is 7.97. The molecule has 0 spiro atoms. The standard InChI is InChI=1S/C15H20N4O2S/c1-12(18-22(20,21)13-8-4-2-5-9-13)15-17-16-14-10-6-3-7-11-19(14)15/h2,4-5,8-9,12,18H,3,6-7,10-11H2,1H3. The highest BCUT2D eigenvalue weighted by Gasteiger charge is 2.24. The fourth-order valence-electron chi connectivity index (χ4n) is 2.78. The van der Waals surface area contributed by atoms with E-state index in [2.05, 4.69) is 19.5 Å². The zero-order valence-electron chi connectivity index (χ0n) is 12.6. The number of sulfonamides is 1. The average Bonchev–Trinajstić information content (AvgIpc) is 2.77. The maximum absolute atomic E-state index is 12.4. The van der Waals surface area contributed by atoms with Crippen LogP contribution in [0.2, 0.25) is 0 Å². The molecule has 6 nitrogen and oxygen atoms in total. The molecule has 1 N–H and O–H groups in total. The first-order valence-corrected chi connectivity index (χ1v) is 9.05. The first-order valence-electron chi connectivity index (χ1n) is 7.57. The largest absolute Gasteiger partial charge is 0.314 e. The first-order chi connectivity index (χ1) is 10.6. The molecule has 1 atom stereocenters. The number of aromatic nitrogens is 3. The average molecular weight is 320 g/mol. The Hall–Kier alpha value is -1.73. The fourth-order valence-corrected chi connectivity index (χ4v) is 4.00. The Morgan fingerprint density at radius 1 is 1.14 bits per heavy atom. The van der Waals surface area contributed by atoms with Crippen LogP contribution in [-0.4, -0.2) is 23.2 Å². The van der Waals surface area contributed by atoms with Crippen molar-refractivity contribution in [3.8, 4) is 0 Å². The monoisotopic (exact) mass is 320 g/mol. The van der Waals surface area contributed by atoms with Gasteiger partial charge in [0.25, 0.3) is 0 Å². The van der Waals surface area contributed by atoms with Gasteiger partial charge < -0.3 is 4.57 Å². The van der Waals surface area contributed by atoms with Crippen LogP contribution in [0.15, 0.2) is 35.2 Å². The highest BCUT2D eigenvalue weighted by Crippen LogP contribution is 2.20. The smallest absolute Gasteiger partial charge is 0.241 e. The molecule has 0 radical (unpaired) electrons. The lowest BCUT2D eigenvalue weighted by atomic mass is 10.2. The molecule has 1 aromatic carbocycles. The molecule has 2 heterocycles. The highest BCUT2D eigenvalue weighted by atomic mass is 32.2. The summed E-state index contributed by atoms with van der Waals surface area (Å²) in [6.45, 7) is 2.66. The van der Waals surface area contributed by atoms with E-state index >= 15 is 0 Å². The maximum Gasteiger partial charge on any atom is 0.241 e. The van der Waals surface area contributed by atoms with Crippen LogP contribution in [-0.2, 0) is 23.0 Å². The quantitative estimate of drug-likeness (QED) is 0.935. The number of fused-ring (bicyclic) bond motifs is 1. The Kier molecular flexibility index (Phi) is 4.26. The van der Waals surface area contributed by atoms with Crippen LogP contribution in [0.3, 0.4) is 0 Å². The third kappa shape index (κ3) is 3.05. The summed E-state index contributed by atoms with van der Waals surface area (Å²) in [7, 11) is -3.55. The normalized spacial score (nSPS) is 16.8. The number of nitrogens with one attached hydrogen (secondary N) is 1. The first kappa shape index (κ1) is 15.2. The van der Waals surface area contributed by atoms with Crippen molar-refractivity contribution in [2.24, 2.45) is 0 Å². The summed E-state index contributed by atoms with van der Waals surface area (Å²) in [4.78, 5) is 0.262. The minimum Gasteiger partial charge on any atom is -0.314 e. The molecule has 0 bridgehead atoms. The topological polar surface area (TPSA) is 76.9 Å². The summed E-state index contributed by atoms with van der Waals surface area (Å²) in [6.07, 6.45) is 4.27. The lowest BCUT2D eigenvalue weighted by Crippen LogP contribution is -2.29. The highest BCUT2D eigenvalue weighted by molar-refractivity contribution is 7.89. The van der Waals surface area contributed by atoms with E-state index in [4.69, 9.17) is 0 Å². The Morgan fingerprint density at radius 2 is 1.91 bits per heavy atom. The Labute approximate surface area is 130 Å². The van der Waals surface area contributed by atoms with E-state index in [-0.39, 0.29) is 4.90 Å². The summed E-state index contributed by atoms with van der Waals surface area (Å²) in [5.41, 5.74) is 0. The Morgan fingerprint density at radius 3 is 2.68 bits per heavy atom. The van der Waals surface area contributed by atoms with Gasteiger partial charge in [-0.25, -0.2) is 13.1 Å². The van der Waals surface area contributed by atoms with E-state index < -0.39 is 16.1 Å². The van der Waals surface area contributed by atoms with Crippen LogP contribution in [0.25, 0.3) is 0 Å². The van der Waals surface area contributed by atoms with Crippen LogP contribution in [0.4, 0.5) is 0 Å². The molecular formula is C15H20N4O2S. The maximum atomic E-state index is 12.4. The van der Waals surface area contributed by atoms with E-state index in [0.717, 1.165) is 31.6 Å². The summed E-state index contributed by atoms with van der Waals surface area (Å²) >= 11 is 0. The fraction of sp³-hybridized carbons (Fsp3) is 0.467. The van der Waals surface area contributed by atoms with E-state index in [9.17, 15) is 8.42 Å². The number of hydrogen-bond donors (Lipinski definition) is 1. The minimum absolute atomic E-state index is 0.262. The van der Waals surface area contributed by atoms with Gasteiger partial charge in [-0.2, -0.15) is 0 Å². The van der Waals surface area contributed by atoms with E-state index in [1.807, 2.05) is 6.92 Å². The predicted octanol–water partition coefficient (Wildman–Crippen LogP) is 2.04. The zero-order valence-corrected chi connectivity index (χ0v) is 13.4. The van der Waals surface area contributed by atoms with Gasteiger partial charge >= 0.3 is 0 Å². The van der Waals surface area contributed by atoms with Crippen molar-refractivity contribution in [3.05, 3.63) is 42.0 Å².